The Morgan fingerprint density at radius 2 is 1.97 bits per heavy atom. The molecule has 1 amide bonds. The smallest absolute Gasteiger partial charge is 0.329 e. The molecule has 1 saturated carbocycles. The first-order valence-electron chi connectivity index (χ1n) is 10.4. The quantitative estimate of drug-likeness (QED) is 0.652. The highest BCUT2D eigenvalue weighted by Crippen LogP contribution is 2.40. The van der Waals surface area contributed by atoms with Crippen LogP contribution in [-0.2, 0) is 6.54 Å². The number of ether oxygens (including phenoxy) is 2. The lowest BCUT2D eigenvalue weighted by molar-refractivity contribution is 0.102. The number of benzene rings is 1. The fourth-order valence-corrected chi connectivity index (χ4v) is 3.81. The van der Waals surface area contributed by atoms with Crippen LogP contribution in [0.5, 0.6) is 11.5 Å². The van der Waals surface area contributed by atoms with E-state index in [1.807, 2.05) is 6.92 Å². The van der Waals surface area contributed by atoms with Gasteiger partial charge in [-0.1, -0.05) is 6.92 Å². The molecule has 1 fully saturated rings. The van der Waals surface area contributed by atoms with Crippen molar-refractivity contribution in [2.45, 2.75) is 38.6 Å². The number of nitrogens with one attached hydrogen (secondary N) is 2. The summed E-state index contributed by atoms with van der Waals surface area (Å²) in [6.07, 6.45) is 2.64. The van der Waals surface area contributed by atoms with Gasteiger partial charge in [-0.3, -0.25) is 19.1 Å². The number of hydrogen-bond acceptors (Lipinski definition) is 6. The minimum absolute atomic E-state index is 0.118. The van der Waals surface area contributed by atoms with Gasteiger partial charge in [0.05, 0.1) is 10.9 Å². The molecule has 0 bridgehead atoms. The number of nitrogens with zero attached hydrogens (tertiary/aromatic N) is 2. The molecule has 5 rings (SSSR count). The molecule has 1 aliphatic heterocycles. The predicted molar refractivity (Wildman–Crippen MR) is 114 cm³/mol. The number of aromatic nitrogens is 3. The van der Waals surface area contributed by atoms with E-state index in [1.165, 1.54) is 4.57 Å². The van der Waals surface area contributed by atoms with Gasteiger partial charge in [-0.05, 0) is 37.5 Å². The zero-order valence-electron chi connectivity index (χ0n) is 17.1. The number of aryl methyl sites for hydroxylation is 1. The number of hydrogen-bond donors (Lipinski definition) is 2. The van der Waals surface area contributed by atoms with Crippen molar-refractivity contribution in [3.05, 3.63) is 56.4 Å². The lowest BCUT2D eigenvalue weighted by Crippen LogP contribution is -2.32. The van der Waals surface area contributed by atoms with Gasteiger partial charge in [0.2, 0.25) is 0 Å². The first kappa shape index (κ1) is 19.3. The van der Waals surface area contributed by atoms with Gasteiger partial charge in [0.25, 0.3) is 11.5 Å². The molecule has 9 nitrogen and oxygen atoms in total. The number of aromatic amines is 1. The van der Waals surface area contributed by atoms with Crippen molar-refractivity contribution in [3.8, 4) is 11.5 Å². The van der Waals surface area contributed by atoms with Gasteiger partial charge in [-0.2, -0.15) is 0 Å². The zero-order valence-corrected chi connectivity index (χ0v) is 17.1. The van der Waals surface area contributed by atoms with Crippen LogP contribution in [0.3, 0.4) is 0 Å². The lowest BCUT2D eigenvalue weighted by Gasteiger charge is -2.19. The van der Waals surface area contributed by atoms with E-state index < -0.39 is 17.2 Å². The van der Waals surface area contributed by atoms with Crippen molar-refractivity contribution in [1.82, 2.24) is 14.5 Å². The van der Waals surface area contributed by atoms with Crippen LogP contribution in [0.1, 0.15) is 48.2 Å². The first-order chi connectivity index (χ1) is 15.0. The molecule has 1 aromatic carbocycles. The highest BCUT2D eigenvalue weighted by Gasteiger charge is 2.29. The summed E-state index contributed by atoms with van der Waals surface area (Å²) in [5, 5.41) is 2.96. The number of pyridine rings is 1. The lowest BCUT2D eigenvalue weighted by atomic mass is 10.1. The van der Waals surface area contributed by atoms with E-state index in [0.29, 0.717) is 43.4 Å². The Morgan fingerprint density at radius 1 is 1.19 bits per heavy atom. The minimum atomic E-state index is -0.616. The second-order valence-electron chi connectivity index (χ2n) is 7.79. The van der Waals surface area contributed by atoms with Crippen LogP contribution in [0.15, 0.2) is 33.9 Å². The van der Waals surface area contributed by atoms with Gasteiger partial charge in [0.1, 0.15) is 13.2 Å². The van der Waals surface area contributed by atoms with Crippen LogP contribution in [0.2, 0.25) is 0 Å². The standard InChI is InChI=1S/C22H22N4O5/c1-2-7-26-19-18(21(28)25-22(26)29)14(11-15(24-19)12-3-4-12)20(27)23-13-5-6-16-17(10-13)31-9-8-30-16/h5-6,10-12H,2-4,7-9H2,1H3,(H,23,27)(H,25,28,29). The predicted octanol–water partition coefficient (Wildman–Crippen LogP) is 2.40. The molecule has 31 heavy (non-hydrogen) atoms. The third kappa shape index (κ3) is 3.56. The van der Waals surface area contributed by atoms with Crippen molar-refractivity contribution >= 4 is 22.6 Å². The molecule has 9 heteroatoms. The number of H-pyrrole nitrogens is 1. The van der Waals surface area contributed by atoms with E-state index >= 15 is 0 Å². The van der Waals surface area contributed by atoms with Crippen molar-refractivity contribution in [3.63, 3.8) is 0 Å². The van der Waals surface area contributed by atoms with Gasteiger partial charge >= 0.3 is 5.69 Å². The summed E-state index contributed by atoms with van der Waals surface area (Å²) >= 11 is 0. The molecule has 0 saturated heterocycles. The summed E-state index contributed by atoms with van der Waals surface area (Å²) in [4.78, 5) is 45.3. The van der Waals surface area contributed by atoms with Crippen molar-refractivity contribution in [2.24, 2.45) is 0 Å². The summed E-state index contributed by atoms with van der Waals surface area (Å²) in [5.74, 6) is 0.972. The Balaban J connectivity index is 1.61. The monoisotopic (exact) mass is 422 g/mol. The van der Waals surface area contributed by atoms with E-state index in [9.17, 15) is 14.4 Å². The molecule has 2 aromatic heterocycles. The SMILES string of the molecule is CCCn1c(=O)[nH]c(=O)c2c(C(=O)Nc3ccc4c(c3)OCCO4)cc(C3CC3)nc21. The van der Waals surface area contributed by atoms with E-state index in [0.717, 1.165) is 18.5 Å². The fourth-order valence-electron chi connectivity index (χ4n) is 3.81. The molecule has 3 aromatic rings. The maximum absolute atomic E-state index is 13.2. The molecule has 0 spiro atoms. The van der Waals surface area contributed by atoms with E-state index in [4.69, 9.17) is 9.47 Å². The Morgan fingerprint density at radius 3 is 2.71 bits per heavy atom. The van der Waals surface area contributed by atoms with Gasteiger partial charge in [0.15, 0.2) is 17.1 Å². The normalized spacial score (nSPS) is 15.1. The van der Waals surface area contributed by atoms with Crippen LogP contribution in [-0.4, -0.2) is 33.7 Å². The summed E-state index contributed by atoms with van der Waals surface area (Å²) in [6, 6.07) is 6.81. The Labute approximate surface area is 177 Å². The maximum atomic E-state index is 13.2. The third-order valence-corrected chi connectivity index (χ3v) is 5.46. The second kappa shape index (κ2) is 7.57. The van der Waals surface area contributed by atoms with Crippen LogP contribution >= 0.6 is 0 Å². The molecular weight excluding hydrogens is 400 g/mol. The van der Waals surface area contributed by atoms with Crippen molar-refractivity contribution in [1.29, 1.82) is 0 Å². The molecule has 160 valence electrons. The second-order valence-corrected chi connectivity index (χ2v) is 7.79. The van der Waals surface area contributed by atoms with Gasteiger partial charge < -0.3 is 14.8 Å². The average molecular weight is 422 g/mol. The van der Waals surface area contributed by atoms with Gasteiger partial charge in [-0.15, -0.1) is 0 Å². The Kier molecular flexibility index (Phi) is 4.72. The molecule has 0 atom stereocenters. The summed E-state index contributed by atoms with van der Waals surface area (Å²) in [7, 11) is 0. The van der Waals surface area contributed by atoms with Gasteiger partial charge in [-0.25, -0.2) is 9.78 Å². The number of fused-ring (bicyclic) bond motifs is 2. The number of carbonyl (C=O) groups is 1. The van der Waals surface area contributed by atoms with E-state index in [2.05, 4.69) is 15.3 Å². The molecule has 0 radical (unpaired) electrons. The van der Waals surface area contributed by atoms with E-state index in [-0.39, 0.29) is 22.5 Å². The summed E-state index contributed by atoms with van der Waals surface area (Å²) in [5.41, 5.74) is 0.577. The van der Waals surface area contributed by atoms with Crippen molar-refractivity contribution < 1.29 is 14.3 Å². The van der Waals surface area contributed by atoms with E-state index in [1.54, 1.807) is 24.3 Å². The minimum Gasteiger partial charge on any atom is -0.486 e. The van der Waals surface area contributed by atoms with Crippen LogP contribution in [0, 0.1) is 0 Å². The maximum Gasteiger partial charge on any atom is 0.329 e. The summed E-state index contributed by atoms with van der Waals surface area (Å²) < 4.78 is 12.5. The Bertz CT molecular complexity index is 1310. The summed E-state index contributed by atoms with van der Waals surface area (Å²) in [6.45, 7) is 3.25. The fraction of sp³-hybridized carbons (Fsp3) is 0.364. The largest absolute Gasteiger partial charge is 0.486 e. The Hall–Kier alpha value is -3.62. The third-order valence-electron chi connectivity index (χ3n) is 5.46. The molecular formula is C22H22N4O5. The van der Waals surface area contributed by atoms with Crippen LogP contribution < -0.4 is 26.0 Å². The highest BCUT2D eigenvalue weighted by molar-refractivity contribution is 6.12. The van der Waals surface area contributed by atoms with Crippen LogP contribution in [0.25, 0.3) is 11.0 Å². The number of anilines is 1. The molecule has 0 unspecified atom stereocenters. The first-order valence-corrected chi connectivity index (χ1v) is 10.4. The zero-order chi connectivity index (χ0) is 21.5. The van der Waals surface area contributed by atoms with Crippen molar-refractivity contribution in [2.75, 3.05) is 18.5 Å². The number of rotatable bonds is 5. The molecule has 1 aliphatic carbocycles. The highest BCUT2D eigenvalue weighted by atomic mass is 16.6. The molecule has 3 heterocycles. The molecule has 2 aliphatic rings. The topological polar surface area (TPSA) is 115 Å². The number of carbonyl (C=O) groups excluding carboxylic acids is 1. The van der Waals surface area contributed by atoms with Gasteiger partial charge in [0, 0.05) is 29.9 Å². The number of amides is 1. The average Bonchev–Trinajstić information content (AvgIpc) is 3.61. The van der Waals surface area contributed by atoms with Crippen LogP contribution in [0.4, 0.5) is 5.69 Å². The molecule has 2 N–H and O–H groups in total.